The Morgan fingerprint density at radius 3 is 2.29 bits per heavy atom. The molecule has 1 atom stereocenters. The predicted octanol–water partition coefficient (Wildman–Crippen LogP) is 3.60. The summed E-state index contributed by atoms with van der Waals surface area (Å²) in [5, 5.41) is 9.16. The fourth-order valence-electron chi connectivity index (χ4n) is 2.52. The van der Waals surface area contributed by atoms with E-state index in [-0.39, 0.29) is 11.5 Å². The fourth-order valence-corrected chi connectivity index (χ4v) is 2.52. The highest BCUT2D eigenvalue weighted by molar-refractivity contribution is 5.72. The van der Waals surface area contributed by atoms with Crippen LogP contribution in [0.4, 0.5) is 4.79 Å². The van der Waals surface area contributed by atoms with Crippen LogP contribution in [0.15, 0.2) is 24.3 Å². The van der Waals surface area contributed by atoms with Gasteiger partial charge in [-0.15, -0.1) is 0 Å². The molecular weight excluding hydrogens is 362 g/mol. The molecule has 0 aromatic heterocycles. The molecule has 1 amide bonds. The van der Waals surface area contributed by atoms with Crippen molar-refractivity contribution < 1.29 is 28.9 Å². The van der Waals surface area contributed by atoms with Crippen LogP contribution < -0.4 is 4.74 Å². The number of methoxy groups -OCH3 is 1. The van der Waals surface area contributed by atoms with Gasteiger partial charge in [-0.25, -0.2) is 9.59 Å². The van der Waals surface area contributed by atoms with Crippen molar-refractivity contribution >= 4 is 12.1 Å². The standard InChI is InChI=1S/C21H33NO6/c1-6-27-18(19(23)24)15-16-7-9-17(10-8-16)28-14-13-22(20(25)26-5)12-11-21(2,3)4/h7-10,18H,6,11-15H2,1-5H3,(H,23,24). The number of hydrogen-bond acceptors (Lipinski definition) is 5. The largest absolute Gasteiger partial charge is 0.492 e. The Balaban J connectivity index is 2.54. The van der Waals surface area contributed by atoms with Gasteiger partial charge in [-0.1, -0.05) is 32.9 Å². The molecule has 0 heterocycles. The van der Waals surface area contributed by atoms with Gasteiger partial charge in [-0.2, -0.15) is 0 Å². The zero-order valence-electron chi connectivity index (χ0n) is 17.6. The Hall–Kier alpha value is -2.28. The van der Waals surface area contributed by atoms with E-state index in [0.717, 1.165) is 12.0 Å². The van der Waals surface area contributed by atoms with E-state index in [1.165, 1.54) is 7.11 Å². The van der Waals surface area contributed by atoms with Gasteiger partial charge < -0.3 is 24.2 Å². The van der Waals surface area contributed by atoms with Crippen LogP contribution in [0.2, 0.25) is 0 Å². The highest BCUT2D eigenvalue weighted by Gasteiger charge is 2.19. The van der Waals surface area contributed by atoms with Crippen molar-refractivity contribution in [1.82, 2.24) is 4.90 Å². The summed E-state index contributed by atoms with van der Waals surface area (Å²) in [7, 11) is 1.37. The zero-order chi connectivity index (χ0) is 21.2. The number of rotatable bonds is 11. The maximum Gasteiger partial charge on any atom is 0.409 e. The quantitative estimate of drug-likeness (QED) is 0.616. The number of nitrogens with zero attached hydrogens (tertiary/aromatic N) is 1. The van der Waals surface area contributed by atoms with E-state index in [2.05, 4.69) is 20.8 Å². The highest BCUT2D eigenvalue weighted by Crippen LogP contribution is 2.19. The van der Waals surface area contributed by atoms with Gasteiger partial charge in [0.05, 0.1) is 13.7 Å². The SMILES string of the molecule is CCOC(Cc1ccc(OCCN(CCC(C)(C)C)C(=O)OC)cc1)C(=O)O. The van der Waals surface area contributed by atoms with E-state index in [4.69, 9.17) is 19.3 Å². The lowest BCUT2D eigenvalue weighted by Gasteiger charge is -2.25. The first-order chi connectivity index (χ1) is 13.2. The van der Waals surface area contributed by atoms with E-state index >= 15 is 0 Å². The molecule has 0 aliphatic heterocycles. The van der Waals surface area contributed by atoms with Gasteiger partial charge in [0.1, 0.15) is 12.4 Å². The third-order valence-electron chi connectivity index (χ3n) is 4.18. The summed E-state index contributed by atoms with van der Waals surface area (Å²) in [6, 6.07) is 7.22. The lowest BCUT2D eigenvalue weighted by atomic mass is 9.92. The molecule has 28 heavy (non-hydrogen) atoms. The Labute approximate surface area is 167 Å². The van der Waals surface area contributed by atoms with Crippen molar-refractivity contribution in [3.8, 4) is 5.75 Å². The third kappa shape index (κ3) is 9.08. The third-order valence-corrected chi connectivity index (χ3v) is 4.18. The molecule has 1 unspecified atom stereocenters. The molecule has 0 bridgehead atoms. The highest BCUT2D eigenvalue weighted by atomic mass is 16.5. The molecule has 7 heteroatoms. The molecule has 0 spiro atoms. The first kappa shape index (κ1) is 23.8. The van der Waals surface area contributed by atoms with Gasteiger partial charge in [0.25, 0.3) is 0 Å². The van der Waals surface area contributed by atoms with Crippen molar-refractivity contribution in [3.63, 3.8) is 0 Å². The molecule has 0 fully saturated rings. The minimum atomic E-state index is -0.972. The molecule has 7 nitrogen and oxygen atoms in total. The van der Waals surface area contributed by atoms with Crippen LogP contribution in [0.3, 0.4) is 0 Å². The van der Waals surface area contributed by atoms with Crippen molar-refractivity contribution in [2.24, 2.45) is 5.41 Å². The summed E-state index contributed by atoms with van der Waals surface area (Å²) >= 11 is 0. The number of ether oxygens (including phenoxy) is 3. The van der Waals surface area contributed by atoms with Gasteiger partial charge in [-0.05, 0) is 36.5 Å². The summed E-state index contributed by atoms with van der Waals surface area (Å²) < 4.78 is 15.8. The smallest absolute Gasteiger partial charge is 0.409 e. The number of amides is 1. The van der Waals surface area contributed by atoms with Crippen molar-refractivity contribution in [1.29, 1.82) is 0 Å². The minimum Gasteiger partial charge on any atom is -0.492 e. The van der Waals surface area contributed by atoms with Crippen LogP contribution in [0.5, 0.6) is 5.75 Å². The lowest BCUT2D eigenvalue weighted by molar-refractivity contribution is -0.149. The first-order valence-corrected chi connectivity index (χ1v) is 9.55. The number of carboxylic acid groups (broad SMARTS) is 1. The lowest BCUT2D eigenvalue weighted by Crippen LogP contribution is -2.36. The van der Waals surface area contributed by atoms with E-state index in [0.29, 0.717) is 38.5 Å². The molecule has 0 aliphatic carbocycles. The number of carbonyl (C=O) groups is 2. The number of aliphatic carboxylic acids is 1. The maximum absolute atomic E-state index is 11.9. The average molecular weight is 395 g/mol. The van der Waals surface area contributed by atoms with E-state index in [1.54, 1.807) is 24.0 Å². The topological polar surface area (TPSA) is 85.3 Å². The number of carboxylic acids is 1. The molecule has 1 aromatic carbocycles. The summed E-state index contributed by atoms with van der Waals surface area (Å²) in [5.74, 6) is -0.312. The van der Waals surface area contributed by atoms with Gasteiger partial charge in [0.2, 0.25) is 0 Å². The second-order valence-corrected chi connectivity index (χ2v) is 7.75. The molecule has 0 saturated carbocycles. The Morgan fingerprint density at radius 2 is 1.79 bits per heavy atom. The zero-order valence-corrected chi connectivity index (χ0v) is 17.6. The van der Waals surface area contributed by atoms with E-state index in [1.807, 2.05) is 12.1 Å². The molecule has 158 valence electrons. The van der Waals surface area contributed by atoms with Crippen molar-refractivity contribution in [2.75, 3.05) is 33.4 Å². The fraction of sp³-hybridized carbons (Fsp3) is 0.619. The first-order valence-electron chi connectivity index (χ1n) is 9.55. The van der Waals surface area contributed by atoms with Crippen LogP contribution in [-0.4, -0.2) is 61.6 Å². The Bertz CT molecular complexity index is 608. The van der Waals surface area contributed by atoms with Gasteiger partial charge in [-0.3, -0.25) is 0 Å². The van der Waals surface area contributed by atoms with Crippen LogP contribution in [-0.2, 0) is 20.7 Å². The minimum absolute atomic E-state index is 0.123. The van der Waals surface area contributed by atoms with Gasteiger partial charge >= 0.3 is 12.1 Å². The van der Waals surface area contributed by atoms with Crippen molar-refractivity contribution in [3.05, 3.63) is 29.8 Å². The predicted molar refractivity (Wildman–Crippen MR) is 107 cm³/mol. The molecule has 0 saturated heterocycles. The molecule has 0 aliphatic rings. The molecule has 1 N–H and O–H groups in total. The molecular formula is C21H33NO6. The number of benzene rings is 1. The van der Waals surface area contributed by atoms with E-state index in [9.17, 15) is 9.59 Å². The maximum atomic E-state index is 11.9. The second kappa shape index (κ2) is 11.5. The Morgan fingerprint density at radius 1 is 1.14 bits per heavy atom. The van der Waals surface area contributed by atoms with E-state index < -0.39 is 12.1 Å². The van der Waals surface area contributed by atoms with Crippen LogP contribution >= 0.6 is 0 Å². The molecule has 1 rings (SSSR count). The summed E-state index contributed by atoms with van der Waals surface area (Å²) in [4.78, 5) is 24.7. The Kier molecular flexibility index (Phi) is 9.79. The normalized spacial score (nSPS) is 12.3. The second-order valence-electron chi connectivity index (χ2n) is 7.75. The number of hydrogen-bond donors (Lipinski definition) is 1. The van der Waals surface area contributed by atoms with Crippen LogP contribution in [0.1, 0.15) is 39.7 Å². The number of carbonyl (C=O) groups excluding carboxylic acids is 1. The molecule has 1 aromatic rings. The van der Waals surface area contributed by atoms with Crippen LogP contribution in [0, 0.1) is 5.41 Å². The summed E-state index contributed by atoms with van der Waals surface area (Å²) in [6.07, 6.45) is -0.0552. The average Bonchev–Trinajstić information content (AvgIpc) is 2.63. The van der Waals surface area contributed by atoms with Gasteiger partial charge in [0, 0.05) is 19.6 Å². The van der Waals surface area contributed by atoms with Gasteiger partial charge in [0.15, 0.2) is 6.10 Å². The van der Waals surface area contributed by atoms with Crippen LogP contribution in [0.25, 0.3) is 0 Å². The van der Waals surface area contributed by atoms with Crippen molar-refractivity contribution in [2.45, 2.75) is 46.6 Å². The summed E-state index contributed by atoms with van der Waals surface area (Å²) in [5.41, 5.74) is 0.979. The summed E-state index contributed by atoms with van der Waals surface area (Å²) in [6.45, 7) is 9.87. The molecule has 0 radical (unpaired) electrons. The monoisotopic (exact) mass is 395 g/mol.